The summed E-state index contributed by atoms with van der Waals surface area (Å²) in [5.41, 5.74) is 1.02. The Morgan fingerprint density at radius 2 is 1.78 bits per heavy atom. The summed E-state index contributed by atoms with van der Waals surface area (Å²) in [6, 6.07) is 10.3. The molecule has 2 N–H and O–H groups in total. The summed E-state index contributed by atoms with van der Waals surface area (Å²) in [5, 5.41) is 8.83. The second kappa shape index (κ2) is 11.9. The number of benzene rings is 2. The van der Waals surface area contributed by atoms with E-state index in [-0.39, 0.29) is 46.8 Å². The Bertz CT molecular complexity index is 1270. The molecule has 0 radical (unpaired) electrons. The normalized spacial score (nSPS) is 18.3. The molecule has 1 aliphatic heterocycles. The topological polar surface area (TPSA) is 133 Å². The van der Waals surface area contributed by atoms with Crippen molar-refractivity contribution in [3.8, 4) is 5.75 Å². The fourth-order valence-corrected chi connectivity index (χ4v) is 5.31. The number of rotatable bonds is 8. The van der Waals surface area contributed by atoms with Gasteiger partial charge < -0.3 is 14.7 Å². The van der Waals surface area contributed by atoms with Gasteiger partial charge in [-0.15, -0.1) is 0 Å². The van der Waals surface area contributed by atoms with Gasteiger partial charge in [0.1, 0.15) is 11.6 Å². The molecule has 200 valence electrons. The van der Waals surface area contributed by atoms with E-state index in [2.05, 4.69) is 4.90 Å². The first-order chi connectivity index (χ1) is 17.3. The number of nitrogens with one attached hydrogen (secondary N) is 1. The predicted molar refractivity (Wildman–Crippen MR) is 133 cm³/mol. The highest BCUT2D eigenvalue weighted by Crippen LogP contribution is 2.25. The number of carbonyl (C=O) groups excluding carboxylic acids is 2. The lowest BCUT2D eigenvalue weighted by molar-refractivity contribution is -0.149. The second-order valence-electron chi connectivity index (χ2n) is 8.84. The van der Waals surface area contributed by atoms with Crippen LogP contribution in [0.2, 0.25) is 5.02 Å². The van der Waals surface area contributed by atoms with E-state index >= 15 is 0 Å². The van der Waals surface area contributed by atoms with Gasteiger partial charge >= 0.3 is 11.9 Å². The van der Waals surface area contributed by atoms with E-state index < -0.39 is 27.7 Å². The number of piperazine rings is 1. The highest BCUT2D eigenvalue weighted by atomic mass is 35.5. The maximum Gasteiger partial charge on any atom is 0.395 e. The van der Waals surface area contributed by atoms with Gasteiger partial charge in [0, 0.05) is 42.3 Å². The number of sulfonamides is 1. The third-order valence-corrected chi connectivity index (χ3v) is 7.32. The summed E-state index contributed by atoms with van der Waals surface area (Å²) in [7, 11) is -4.37. The zero-order chi connectivity index (χ0) is 27.3. The maximum atomic E-state index is 13.2. The molecular formula is C24H27ClFN3O7S. The number of carboxylic acids is 1. The number of amides is 2. The summed E-state index contributed by atoms with van der Waals surface area (Å²) < 4.78 is 44.7. The van der Waals surface area contributed by atoms with Crippen molar-refractivity contribution in [1.29, 1.82) is 0 Å². The van der Waals surface area contributed by atoms with Crippen LogP contribution < -0.4 is 9.46 Å². The van der Waals surface area contributed by atoms with Crippen molar-refractivity contribution in [2.45, 2.75) is 38.2 Å². The Morgan fingerprint density at radius 3 is 2.43 bits per heavy atom. The molecule has 0 bridgehead atoms. The molecule has 13 heteroatoms. The van der Waals surface area contributed by atoms with Crippen molar-refractivity contribution in [1.82, 2.24) is 14.5 Å². The van der Waals surface area contributed by atoms with E-state index in [0.29, 0.717) is 19.6 Å². The fourth-order valence-electron chi connectivity index (χ4n) is 4.04. The molecule has 1 heterocycles. The van der Waals surface area contributed by atoms with Crippen LogP contribution >= 0.6 is 11.6 Å². The quantitative estimate of drug-likeness (QED) is 0.473. The lowest BCUT2D eigenvalue weighted by Gasteiger charge is -2.44. The van der Waals surface area contributed by atoms with Crippen LogP contribution in [0, 0.1) is 5.82 Å². The van der Waals surface area contributed by atoms with Crippen LogP contribution in [-0.4, -0.2) is 72.9 Å². The van der Waals surface area contributed by atoms with E-state index in [0.717, 1.165) is 5.56 Å². The van der Waals surface area contributed by atoms with Crippen molar-refractivity contribution >= 4 is 39.4 Å². The van der Waals surface area contributed by atoms with Crippen molar-refractivity contribution in [3.63, 3.8) is 0 Å². The van der Waals surface area contributed by atoms with Gasteiger partial charge in [0.05, 0.1) is 5.75 Å². The predicted octanol–water partition coefficient (Wildman–Crippen LogP) is 2.01. The lowest BCUT2D eigenvalue weighted by Crippen LogP contribution is -2.58. The van der Waals surface area contributed by atoms with Crippen LogP contribution in [-0.2, 0) is 36.7 Å². The standard InChI is InChI=1S/C24H27ClFN3O7S/c1-15-11-29(16(2)10-28(15)12-17-3-6-20(26)7-4-17)22(30)13-36-21-8-5-19(25)9-18(21)14-37(34,35)27-23(31)24(32)33/h3-9,15-16H,10-14H2,1-2H3,(H,27,31)(H,32,33). The molecule has 0 aromatic heterocycles. The van der Waals surface area contributed by atoms with Crippen molar-refractivity contribution in [2.24, 2.45) is 0 Å². The number of nitrogens with zero attached hydrogens (tertiary/aromatic N) is 2. The third kappa shape index (κ3) is 7.88. The zero-order valence-corrected chi connectivity index (χ0v) is 21.8. The van der Waals surface area contributed by atoms with Gasteiger partial charge in [-0.2, -0.15) is 0 Å². The molecule has 1 aliphatic rings. The van der Waals surface area contributed by atoms with Gasteiger partial charge in [0.15, 0.2) is 6.61 Å². The van der Waals surface area contributed by atoms with Gasteiger partial charge in [0.25, 0.3) is 5.91 Å². The minimum absolute atomic E-state index is 0.0271. The maximum absolute atomic E-state index is 13.2. The number of hydrogen-bond acceptors (Lipinski definition) is 7. The number of hydrogen-bond donors (Lipinski definition) is 2. The Kier molecular flexibility index (Phi) is 9.11. The Hall–Kier alpha value is -3.22. The summed E-state index contributed by atoms with van der Waals surface area (Å²) in [6.07, 6.45) is 0. The molecule has 37 heavy (non-hydrogen) atoms. The van der Waals surface area contributed by atoms with Crippen molar-refractivity contribution < 1.29 is 37.0 Å². The molecule has 2 unspecified atom stereocenters. The highest BCUT2D eigenvalue weighted by molar-refractivity contribution is 7.89. The van der Waals surface area contributed by atoms with E-state index in [1.807, 2.05) is 13.8 Å². The molecule has 1 fully saturated rings. The van der Waals surface area contributed by atoms with Crippen LogP contribution in [0.5, 0.6) is 5.75 Å². The smallest absolute Gasteiger partial charge is 0.395 e. The molecular weight excluding hydrogens is 529 g/mol. The number of ether oxygens (including phenoxy) is 1. The fraction of sp³-hybridized carbons (Fsp3) is 0.375. The Labute approximate surface area is 219 Å². The summed E-state index contributed by atoms with van der Waals surface area (Å²) in [4.78, 5) is 38.8. The minimum atomic E-state index is -4.37. The minimum Gasteiger partial charge on any atom is -0.483 e. The molecule has 3 rings (SSSR count). The third-order valence-electron chi connectivity index (χ3n) is 5.90. The summed E-state index contributed by atoms with van der Waals surface area (Å²) in [6.45, 7) is 5.18. The molecule has 1 saturated heterocycles. The summed E-state index contributed by atoms with van der Waals surface area (Å²) >= 11 is 5.97. The molecule has 0 aliphatic carbocycles. The Morgan fingerprint density at radius 1 is 1.11 bits per heavy atom. The van der Waals surface area contributed by atoms with Gasteiger partial charge in [-0.25, -0.2) is 22.3 Å². The van der Waals surface area contributed by atoms with Gasteiger partial charge in [-0.3, -0.25) is 14.5 Å². The summed E-state index contributed by atoms with van der Waals surface area (Å²) in [5.74, 6) is -4.97. The van der Waals surface area contributed by atoms with E-state index in [4.69, 9.17) is 21.4 Å². The number of halogens is 2. The monoisotopic (exact) mass is 555 g/mol. The average molecular weight is 556 g/mol. The Balaban J connectivity index is 1.63. The lowest BCUT2D eigenvalue weighted by atomic mass is 10.1. The molecule has 2 aromatic rings. The molecule has 0 spiro atoms. The first-order valence-electron chi connectivity index (χ1n) is 11.3. The van der Waals surface area contributed by atoms with Crippen molar-refractivity contribution in [2.75, 3.05) is 19.7 Å². The first-order valence-corrected chi connectivity index (χ1v) is 13.3. The number of carboxylic acid groups (broad SMARTS) is 1. The molecule has 10 nitrogen and oxygen atoms in total. The van der Waals surface area contributed by atoms with Crippen LogP contribution in [0.25, 0.3) is 0 Å². The molecule has 0 saturated carbocycles. The number of carbonyl (C=O) groups is 3. The van der Waals surface area contributed by atoms with Crippen molar-refractivity contribution in [3.05, 3.63) is 64.4 Å². The van der Waals surface area contributed by atoms with E-state index in [1.165, 1.54) is 35.1 Å². The van der Waals surface area contributed by atoms with E-state index in [9.17, 15) is 27.2 Å². The number of aliphatic carboxylic acids is 1. The van der Waals surface area contributed by atoms with Gasteiger partial charge in [-0.05, 0) is 49.7 Å². The van der Waals surface area contributed by atoms with Gasteiger partial charge in [0.2, 0.25) is 10.0 Å². The molecule has 2 amide bonds. The SMILES string of the molecule is CC1CN(C(=O)COc2ccc(Cl)cc2CS(=O)(=O)NC(=O)C(=O)O)C(C)CN1Cc1ccc(F)cc1. The molecule has 2 atom stereocenters. The zero-order valence-electron chi connectivity index (χ0n) is 20.2. The van der Waals surface area contributed by atoms with E-state index in [1.54, 1.807) is 17.0 Å². The largest absolute Gasteiger partial charge is 0.483 e. The highest BCUT2D eigenvalue weighted by Gasteiger charge is 2.32. The average Bonchev–Trinajstić information content (AvgIpc) is 2.81. The van der Waals surface area contributed by atoms with Crippen LogP contribution in [0.15, 0.2) is 42.5 Å². The van der Waals surface area contributed by atoms with Gasteiger partial charge in [-0.1, -0.05) is 23.7 Å². The first kappa shape index (κ1) is 28.4. The van der Waals surface area contributed by atoms with Crippen LogP contribution in [0.3, 0.4) is 0 Å². The van der Waals surface area contributed by atoms with Crippen LogP contribution in [0.4, 0.5) is 4.39 Å². The second-order valence-corrected chi connectivity index (χ2v) is 11.0. The van der Waals surface area contributed by atoms with Crippen LogP contribution in [0.1, 0.15) is 25.0 Å². The molecule has 2 aromatic carbocycles.